The Morgan fingerprint density at radius 1 is 0.371 bits per heavy atom. The number of ether oxygens (including phenoxy) is 1. The Balaban J connectivity index is 1.36. The molecule has 0 N–H and O–H groups in total. The molecule has 0 aromatic heterocycles. The van der Waals surface area contributed by atoms with Crippen LogP contribution in [-0.2, 0) is 0 Å². The van der Waals surface area contributed by atoms with E-state index < -0.39 is 0 Å². The first kappa shape index (κ1) is 18.8. The van der Waals surface area contributed by atoms with Gasteiger partial charge in [-0.2, -0.15) is 0 Å². The van der Waals surface area contributed by atoms with E-state index in [-0.39, 0.29) is 0 Å². The largest absolute Gasteiger partial charge is 0.456 e. The van der Waals surface area contributed by atoms with Crippen molar-refractivity contribution >= 4 is 43.1 Å². The van der Waals surface area contributed by atoms with E-state index in [9.17, 15) is 0 Å². The molecule has 0 aliphatic carbocycles. The van der Waals surface area contributed by atoms with Crippen molar-refractivity contribution in [2.45, 2.75) is 0 Å². The summed E-state index contributed by atoms with van der Waals surface area (Å²) in [7, 11) is 0. The zero-order chi connectivity index (χ0) is 22.9. The van der Waals surface area contributed by atoms with Crippen molar-refractivity contribution in [2.75, 3.05) is 0 Å². The Kier molecular flexibility index (Phi) is 3.72. The lowest BCUT2D eigenvalue weighted by Crippen LogP contribution is -1.97. The smallest absolute Gasteiger partial charge is 0.135 e. The van der Waals surface area contributed by atoms with Crippen LogP contribution in [0, 0.1) is 0 Å². The predicted octanol–water partition coefficient (Wildman–Crippen LogP) is 9.74. The molecule has 8 rings (SSSR count). The summed E-state index contributed by atoms with van der Waals surface area (Å²) in [6.45, 7) is 0. The molecule has 1 heterocycles. The van der Waals surface area contributed by atoms with Crippen molar-refractivity contribution in [3.63, 3.8) is 0 Å². The molecule has 0 saturated carbocycles. The minimum absolute atomic E-state index is 0.918. The molecule has 0 amide bonds. The lowest BCUT2D eigenvalue weighted by atomic mass is 9.90. The van der Waals surface area contributed by atoms with Crippen LogP contribution >= 0.6 is 0 Å². The number of para-hydroxylation sites is 1. The minimum atomic E-state index is 0.918. The molecule has 0 radical (unpaired) electrons. The maximum absolute atomic E-state index is 6.22. The highest BCUT2D eigenvalue weighted by Gasteiger charge is 2.20. The molecule has 7 aromatic rings. The van der Waals surface area contributed by atoms with Gasteiger partial charge in [0.15, 0.2) is 0 Å². The van der Waals surface area contributed by atoms with E-state index in [0.29, 0.717) is 0 Å². The molecule has 162 valence electrons. The summed E-state index contributed by atoms with van der Waals surface area (Å²) in [6.07, 6.45) is 0. The third-order valence-electron chi connectivity index (χ3n) is 7.37. The van der Waals surface area contributed by atoms with Crippen LogP contribution < -0.4 is 4.74 Å². The Morgan fingerprint density at radius 2 is 1.14 bits per heavy atom. The molecule has 1 aliphatic rings. The van der Waals surface area contributed by atoms with E-state index in [2.05, 4.69) is 115 Å². The number of fused-ring (bicyclic) bond motifs is 6. The summed E-state index contributed by atoms with van der Waals surface area (Å²) in [5.74, 6) is 1.85. The van der Waals surface area contributed by atoms with Gasteiger partial charge in [0.1, 0.15) is 11.5 Å². The normalized spacial score (nSPS) is 12.2. The molecule has 0 fully saturated rings. The van der Waals surface area contributed by atoms with Crippen molar-refractivity contribution in [3.05, 3.63) is 121 Å². The van der Waals surface area contributed by atoms with Crippen molar-refractivity contribution in [3.8, 4) is 33.8 Å². The second-order valence-corrected chi connectivity index (χ2v) is 9.40. The van der Waals surface area contributed by atoms with Crippen molar-refractivity contribution in [1.29, 1.82) is 0 Å². The summed E-state index contributed by atoms with van der Waals surface area (Å²) in [4.78, 5) is 0. The van der Waals surface area contributed by atoms with Gasteiger partial charge >= 0.3 is 0 Å². The van der Waals surface area contributed by atoms with E-state index in [1.165, 1.54) is 59.8 Å². The molecule has 0 saturated heterocycles. The van der Waals surface area contributed by atoms with E-state index in [1.807, 2.05) is 6.07 Å². The summed E-state index contributed by atoms with van der Waals surface area (Å²) in [5.41, 5.74) is 4.84. The molecular weight excluding hydrogens is 424 g/mol. The average molecular weight is 445 g/mol. The molecule has 1 nitrogen and oxygen atoms in total. The first-order chi connectivity index (χ1) is 17.3. The highest BCUT2D eigenvalue weighted by Crippen LogP contribution is 2.47. The molecule has 1 aliphatic heterocycles. The highest BCUT2D eigenvalue weighted by atomic mass is 16.5. The summed E-state index contributed by atoms with van der Waals surface area (Å²) in [6, 6.07) is 43.8. The van der Waals surface area contributed by atoms with Crippen LogP contribution in [0.5, 0.6) is 11.5 Å². The van der Waals surface area contributed by atoms with Crippen LogP contribution in [0.15, 0.2) is 121 Å². The first-order valence-corrected chi connectivity index (χ1v) is 12.0. The molecule has 0 bridgehead atoms. The molecule has 1 heteroatoms. The third kappa shape index (κ3) is 2.76. The fourth-order valence-corrected chi connectivity index (χ4v) is 5.69. The van der Waals surface area contributed by atoms with Gasteiger partial charge in [0, 0.05) is 10.9 Å². The van der Waals surface area contributed by atoms with Gasteiger partial charge < -0.3 is 4.74 Å². The lowest BCUT2D eigenvalue weighted by molar-refractivity contribution is 0.487. The highest BCUT2D eigenvalue weighted by molar-refractivity contribution is 6.12. The Morgan fingerprint density at radius 3 is 2.14 bits per heavy atom. The van der Waals surface area contributed by atoms with Gasteiger partial charge in [-0.05, 0) is 96.9 Å². The number of hydrogen-bond acceptors (Lipinski definition) is 1. The topological polar surface area (TPSA) is 9.23 Å². The van der Waals surface area contributed by atoms with Crippen LogP contribution in [0.2, 0.25) is 0 Å². The second-order valence-electron chi connectivity index (χ2n) is 9.40. The van der Waals surface area contributed by atoms with Gasteiger partial charge in [-0.15, -0.1) is 0 Å². The summed E-state index contributed by atoms with van der Waals surface area (Å²) in [5, 5.41) is 10.1. The first-order valence-electron chi connectivity index (χ1n) is 12.0. The quantitative estimate of drug-likeness (QED) is 0.181. The Labute approximate surface area is 202 Å². The van der Waals surface area contributed by atoms with Gasteiger partial charge in [-0.25, -0.2) is 0 Å². The summed E-state index contributed by atoms with van der Waals surface area (Å²) < 4.78 is 6.22. The predicted molar refractivity (Wildman–Crippen MR) is 147 cm³/mol. The number of rotatable bonds is 1. The number of benzene rings is 7. The van der Waals surface area contributed by atoms with Crippen LogP contribution in [0.3, 0.4) is 0 Å². The standard InChI is InChI=1S/C34H20O/c1-2-8-28-21(6-1)12-15-24-17-26-16-22(13-14-23(26)19-30(24)28)27-18-25-7-5-11-33-34(25)31(20-27)29-9-3-4-10-32(29)35-33/h1-20H. The van der Waals surface area contributed by atoms with E-state index in [4.69, 9.17) is 4.74 Å². The van der Waals surface area contributed by atoms with E-state index in [1.54, 1.807) is 0 Å². The Hall–Kier alpha value is -4.62. The van der Waals surface area contributed by atoms with Crippen molar-refractivity contribution in [2.24, 2.45) is 0 Å². The molecule has 0 unspecified atom stereocenters. The SMILES string of the molecule is c1ccc2c(c1)Oc1cccc3cc(-c4ccc5cc6c(ccc7ccccc76)cc5c4)cc-2c13. The fraction of sp³-hybridized carbons (Fsp3) is 0. The van der Waals surface area contributed by atoms with Crippen molar-refractivity contribution in [1.82, 2.24) is 0 Å². The number of hydrogen-bond donors (Lipinski definition) is 0. The minimum Gasteiger partial charge on any atom is -0.456 e. The van der Waals surface area contributed by atoms with Gasteiger partial charge in [-0.3, -0.25) is 0 Å². The van der Waals surface area contributed by atoms with Gasteiger partial charge in [-0.1, -0.05) is 78.9 Å². The van der Waals surface area contributed by atoms with E-state index in [0.717, 1.165) is 17.1 Å². The van der Waals surface area contributed by atoms with Crippen LogP contribution in [0.1, 0.15) is 0 Å². The van der Waals surface area contributed by atoms with Crippen LogP contribution in [0.4, 0.5) is 0 Å². The average Bonchev–Trinajstić information content (AvgIpc) is 2.91. The Bertz CT molecular complexity index is 1980. The van der Waals surface area contributed by atoms with Gasteiger partial charge in [0.2, 0.25) is 0 Å². The second kappa shape index (κ2) is 6.94. The van der Waals surface area contributed by atoms with Gasteiger partial charge in [0.05, 0.1) is 0 Å². The maximum Gasteiger partial charge on any atom is 0.135 e. The zero-order valence-electron chi connectivity index (χ0n) is 19.0. The maximum atomic E-state index is 6.22. The monoisotopic (exact) mass is 444 g/mol. The van der Waals surface area contributed by atoms with E-state index >= 15 is 0 Å². The van der Waals surface area contributed by atoms with Crippen LogP contribution in [-0.4, -0.2) is 0 Å². The molecule has 7 aromatic carbocycles. The fourth-order valence-electron chi connectivity index (χ4n) is 5.69. The van der Waals surface area contributed by atoms with Crippen LogP contribution in [0.25, 0.3) is 65.3 Å². The zero-order valence-corrected chi connectivity index (χ0v) is 19.0. The molecule has 35 heavy (non-hydrogen) atoms. The molecular formula is C34H20O. The van der Waals surface area contributed by atoms with Gasteiger partial charge in [0.25, 0.3) is 0 Å². The van der Waals surface area contributed by atoms with Crippen molar-refractivity contribution < 1.29 is 4.74 Å². The lowest BCUT2D eigenvalue weighted by Gasteiger charge is -2.22. The molecule has 0 spiro atoms. The third-order valence-corrected chi connectivity index (χ3v) is 7.37. The molecule has 0 atom stereocenters. The summed E-state index contributed by atoms with van der Waals surface area (Å²) >= 11 is 0.